The van der Waals surface area contributed by atoms with Crippen molar-refractivity contribution >= 4 is 11.7 Å². The molecule has 96 valence electrons. The van der Waals surface area contributed by atoms with E-state index in [2.05, 4.69) is 10.6 Å². The van der Waals surface area contributed by atoms with Crippen LogP contribution in [0.5, 0.6) is 0 Å². The number of likely N-dealkylation sites (tertiary alicyclic amines) is 1. The van der Waals surface area contributed by atoms with Crippen LogP contribution in [0.3, 0.4) is 0 Å². The standard InChI is InChI=1S/C14H19N3O/c18-14(16-12-6-2-1-3-7-12)17-9-11-5-4-8-15-13(11)10-17/h1-3,6-7,11,13,15H,4-5,8-10H2,(H,16,18)/t11-,13+/m0/s1. The topological polar surface area (TPSA) is 44.4 Å². The van der Waals surface area contributed by atoms with Gasteiger partial charge in [-0.1, -0.05) is 18.2 Å². The molecule has 1 aromatic carbocycles. The Labute approximate surface area is 107 Å². The molecule has 0 aliphatic carbocycles. The van der Waals surface area contributed by atoms with Crippen LogP contribution >= 0.6 is 0 Å². The van der Waals surface area contributed by atoms with Crippen molar-refractivity contribution in [3.8, 4) is 0 Å². The van der Waals surface area contributed by atoms with E-state index in [1.165, 1.54) is 12.8 Å². The fraction of sp³-hybridized carbons (Fsp3) is 0.500. The minimum absolute atomic E-state index is 0.0254. The van der Waals surface area contributed by atoms with Gasteiger partial charge in [0.05, 0.1) is 0 Å². The predicted octanol–water partition coefficient (Wildman–Crippen LogP) is 1.90. The second kappa shape index (κ2) is 4.98. The second-order valence-electron chi connectivity index (χ2n) is 5.16. The van der Waals surface area contributed by atoms with Crippen molar-refractivity contribution in [1.29, 1.82) is 0 Å². The number of benzene rings is 1. The first-order valence-corrected chi connectivity index (χ1v) is 6.67. The number of para-hydroxylation sites is 1. The summed E-state index contributed by atoms with van der Waals surface area (Å²) < 4.78 is 0. The molecule has 2 heterocycles. The molecule has 2 fully saturated rings. The number of anilines is 1. The van der Waals surface area contributed by atoms with Crippen LogP contribution in [0.4, 0.5) is 10.5 Å². The average Bonchev–Trinajstić information content (AvgIpc) is 2.84. The summed E-state index contributed by atoms with van der Waals surface area (Å²) in [5.41, 5.74) is 0.866. The summed E-state index contributed by atoms with van der Waals surface area (Å²) in [6.45, 7) is 2.81. The molecule has 0 saturated carbocycles. The summed E-state index contributed by atoms with van der Waals surface area (Å²) in [4.78, 5) is 14.1. The van der Waals surface area contributed by atoms with Crippen LogP contribution < -0.4 is 10.6 Å². The first-order chi connectivity index (χ1) is 8.83. The Kier molecular flexibility index (Phi) is 3.19. The van der Waals surface area contributed by atoms with Crippen LogP contribution in [0.2, 0.25) is 0 Å². The van der Waals surface area contributed by atoms with Crippen molar-refractivity contribution in [2.75, 3.05) is 25.0 Å². The van der Waals surface area contributed by atoms with Crippen LogP contribution in [-0.4, -0.2) is 36.6 Å². The van der Waals surface area contributed by atoms with Crippen LogP contribution in [-0.2, 0) is 0 Å². The van der Waals surface area contributed by atoms with Gasteiger partial charge in [-0.2, -0.15) is 0 Å². The number of piperidine rings is 1. The van der Waals surface area contributed by atoms with Gasteiger partial charge in [-0.05, 0) is 37.4 Å². The molecule has 2 aliphatic heterocycles. The van der Waals surface area contributed by atoms with E-state index in [-0.39, 0.29) is 6.03 Å². The Bertz CT molecular complexity index is 406. The zero-order chi connectivity index (χ0) is 12.4. The number of hydrogen-bond donors (Lipinski definition) is 2. The number of nitrogens with one attached hydrogen (secondary N) is 2. The Balaban J connectivity index is 1.60. The lowest BCUT2D eigenvalue weighted by atomic mass is 9.94. The van der Waals surface area contributed by atoms with E-state index in [0.29, 0.717) is 12.0 Å². The van der Waals surface area contributed by atoms with Gasteiger partial charge in [0, 0.05) is 24.8 Å². The molecule has 1 aromatic rings. The Morgan fingerprint density at radius 1 is 1.28 bits per heavy atom. The molecule has 0 unspecified atom stereocenters. The van der Waals surface area contributed by atoms with Crippen molar-refractivity contribution in [3.63, 3.8) is 0 Å². The lowest BCUT2D eigenvalue weighted by molar-refractivity contribution is 0.220. The number of fused-ring (bicyclic) bond motifs is 1. The smallest absolute Gasteiger partial charge is 0.321 e. The molecule has 2 saturated heterocycles. The third-order valence-corrected chi connectivity index (χ3v) is 3.91. The normalized spacial score (nSPS) is 26.8. The fourth-order valence-corrected chi connectivity index (χ4v) is 2.94. The highest BCUT2D eigenvalue weighted by molar-refractivity contribution is 5.89. The van der Waals surface area contributed by atoms with Crippen LogP contribution in [0.15, 0.2) is 30.3 Å². The maximum Gasteiger partial charge on any atom is 0.321 e. The molecule has 0 aromatic heterocycles. The first kappa shape index (κ1) is 11.5. The Hall–Kier alpha value is -1.55. The highest BCUT2D eigenvalue weighted by atomic mass is 16.2. The first-order valence-electron chi connectivity index (χ1n) is 6.67. The zero-order valence-corrected chi connectivity index (χ0v) is 10.4. The van der Waals surface area contributed by atoms with Gasteiger partial charge in [0.1, 0.15) is 0 Å². The molecule has 2 atom stereocenters. The number of amides is 2. The molecule has 4 heteroatoms. The SMILES string of the molecule is O=C(Nc1ccccc1)N1C[C@@H]2CCCN[C@@H]2C1. The molecule has 0 radical (unpaired) electrons. The molecule has 4 nitrogen and oxygen atoms in total. The van der Waals surface area contributed by atoms with Crippen molar-refractivity contribution in [1.82, 2.24) is 10.2 Å². The van der Waals surface area contributed by atoms with Crippen molar-refractivity contribution < 1.29 is 4.79 Å². The van der Waals surface area contributed by atoms with Crippen molar-refractivity contribution in [3.05, 3.63) is 30.3 Å². The van der Waals surface area contributed by atoms with E-state index < -0.39 is 0 Å². The minimum Gasteiger partial charge on any atom is -0.323 e. The predicted molar refractivity (Wildman–Crippen MR) is 71.5 cm³/mol. The van der Waals surface area contributed by atoms with Gasteiger partial charge in [0.2, 0.25) is 0 Å². The quantitative estimate of drug-likeness (QED) is 0.793. The summed E-state index contributed by atoms with van der Waals surface area (Å²) >= 11 is 0. The zero-order valence-electron chi connectivity index (χ0n) is 10.4. The number of rotatable bonds is 1. The lowest BCUT2D eigenvalue weighted by Gasteiger charge is -2.24. The van der Waals surface area contributed by atoms with E-state index in [4.69, 9.17) is 0 Å². The summed E-state index contributed by atoms with van der Waals surface area (Å²) in [6, 6.07) is 10.2. The van der Waals surface area contributed by atoms with E-state index in [0.717, 1.165) is 25.3 Å². The molecule has 0 bridgehead atoms. The van der Waals surface area contributed by atoms with Gasteiger partial charge in [-0.3, -0.25) is 0 Å². The van der Waals surface area contributed by atoms with Crippen LogP contribution in [0, 0.1) is 5.92 Å². The Morgan fingerprint density at radius 3 is 2.89 bits per heavy atom. The van der Waals surface area contributed by atoms with Crippen LogP contribution in [0.25, 0.3) is 0 Å². The Morgan fingerprint density at radius 2 is 2.11 bits per heavy atom. The summed E-state index contributed by atoms with van der Waals surface area (Å²) in [5.74, 6) is 0.639. The highest BCUT2D eigenvalue weighted by Gasteiger charge is 2.36. The second-order valence-corrected chi connectivity index (χ2v) is 5.16. The molecule has 2 N–H and O–H groups in total. The molecule has 0 spiro atoms. The fourth-order valence-electron chi connectivity index (χ4n) is 2.94. The number of carbonyl (C=O) groups excluding carboxylic acids is 1. The highest BCUT2D eigenvalue weighted by Crippen LogP contribution is 2.25. The third-order valence-electron chi connectivity index (χ3n) is 3.91. The van der Waals surface area contributed by atoms with Crippen LogP contribution in [0.1, 0.15) is 12.8 Å². The van der Waals surface area contributed by atoms with Crippen molar-refractivity contribution in [2.24, 2.45) is 5.92 Å². The number of carbonyl (C=O) groups is 1. The molecular weight excluding hydrogens is 226 g/mol. The largest absolute Gasteiger partial charge is 0.323 e. The lowest BCUT2D eigenvalue weighted by Crippen LogP contribution is -2.41. The van der Waals surface area contributed by atoms with E-state index in [9.17, 15) is 4.79 Å². The summed E-state index contributed by atoms with van der Waals surface area (Å²) in [6.07, 6.45) is 2.47. The molecule has 2 amide bonds. The maximum atomic E-state index is 12.1. The molecule has 18 heavy (non-hydrogen) atoms. The van der Waals surface area contributed by atoms with E-state index in [1.807, 2.05) is 35.2 Å². The van der Waals surface area contributed by atoms with Crippen molar-refractivity contribution in [2.45, 2.75) is 18.9 Å². The van der Waals surface area contributed by atoms with E-state index >= 15 is 0 Å². The monoisotopic (exact) mass is 245 g/mol. The molecular formula is C14H19N3O. The minimum atomic E-state index is 0.0254. The van der Waals surface area contributed by atoms with Gasteiger partial charge < -0.3 is 15.5 Å². The van der Waals surface area contributed by atoms with Gasteiger partial charge in [-0.25, -0.2) is 4.79 Å². The summed E-state index contributed by atoms with van der Waals surface area (Å²) in [5, 5.41) is 6.46. The summed E-state index contributed by atoms with van der Waals surface area (Å²) in [7, 11) is 0. The van der Waals surface area contributed by atoms with E-state index in [1.54, 1.807) is 0 Å². The number of hydrogen-bond acceptors (Lipinski definition) is 2. The average molecular weight is 245 g/mol. The van der Waals surface area contributed by atoms with Gasteiger partial charge in [0.15, 0.2) is 0 Å². The maximum absolute atomic E-state index is 12.1. The number of urea groups is 1. The third kappa shape index (κ3) is 2.34. The number of nitrogens with zero attached hydrogens (tertiary/aromatic N) is 1. The molecule has 2 aliphatic rings. The van der Waals surface area contributed by atoms with Gasteiger partial charge in [0.25, 0.3) is 0 Å². The van der Waals surface area contributed by atoms with Gasteiger partial charge in [-0.15, -0.1) is 0 Å². The van der Waals surface area contributed by atoms with Gasteiger partial charge >= 0.3 is 6.03 Å². The molecule has 3 rings (SSSR count).